The van der Waals surface area contributed by atoms with Crippen LogP contribution >= 0.6 is 0 Å². The highest BCUT2D eigenvalue weighted by molar-refractivity contribution is 6.01. The van der Waals surface area contributed by atoms with E-state index in [0.717, 1.165) is 25.9 Å². The third-order valence-corrected chi connectivity index (χ3v) is 4.77. The molecule has 1 aliphatic heterocycles. The highest BCUT2D eigenvalue weighted by Gasteiger charge is 2.19. The van der Waals surface area contributed by atoms with Gasteiger partial charge in [0.15, 0.2) is 0 Å². The van der Waals surface area contributed by atoms with Crippen molar-refractivity contribution in [1.82, 2.24) is 15.2 Å². The number of rotatable bonds is 6. The minimum Gasteiger partial charge on any atom is -0.398 e. The number of nitrogen functional groups attached to an aromatic ring is 1. The number of nitrogens with one attached hydrogen (secondary N) is 3. The van der Waals surface area contributed by atoms with Crippen LogP contribution in [0.2, 0.25) is 0 Å². The smallest absolute Gasteiger partial charge is 0.320 e. The molecule has 1 saturated heterocycles. The van der Waals surface area contributed by atoms with Gasteiger partial charge in [0.05, 0.1) is 18.2 Å². The van der Waals surface area contributed by atoms with Crippen molar-refractivity contribution >= 4 is 23.4 Å². The van der Waals surface area contributed by atoms with Gasteiger partial charge in [0.25, 0.3) is 0 Å². The molecule has 154 valence electrons. The van der Waals surface area contributed by atoms with E-state index in [9.17, 15) is 9.18 Å². The molecule has 1 aromatic carbocycles. The number of amidine groups is 1. The van der Waals surface area contributed by atoms with Crippen molar-refractivity contribution in [2.45, 2.75) is 18.9 Å². The minimum atomic E-state index is -0.495. The summed E-state index contributed by atoms with van der Waals surface area (Å²) in [5.74, 6) is 0.266. The molecule has 0 radical (unpaired) electrons. The summed E-state index contributed by atoms with van der Waals surface area (Å²) < 4.78 is 18.3. The molecule has 9 heteroatoms. The molecule has 3 rings (SSSR count). The van der Waals surface area contributed by atoms with E-state index >= 15 is 0 Å². The summed E-state index contributed by atoms with van der Waals surface area (Å²) in [7, 11) is 1.52. The molecule has 0 saturated carbocycles. The predicted molar refractivity (Wildman–Crippen MR) is 109 cm³/mol. The fourth-order valence-corrected chi connectivity index (χ4v) is 3.24. The molecule has 0 spiro atoms. The maximum Gasteiger partial charge on any atom is 0.320 e. The predicted octanol–water partition coefficient (Wildman–Crippen LogP) is 2.73. The number of carbonyl (C=O) groups excluding carboxylic acids is 1. The van der Waals surface area contributed by atoms with Gasteiger partial charge in [-0.1, -0.05) is 12.1 Å². The molecule has 1 atom stereocenters. The average molecular weight is 400 g/mol. The molecular weight excluding hydrogens is 375 g/mol. The first kappa shape index (κ1) is 20.5. The summed E-state index contributed by atoms with van der Waals surface area (Å²) in [4.78, 5) is 18.6. The molecule has 2 aromatic rings. The first-order valence-electron chi connectivity index (χ1n) is 9.39. The van der Waals surface area contributed by atoms with E-state index in [1.165, 1.54) is 31.5 Å². The Balaban J connectivity index is 1.65. The number of benzene rings is 1. The number of halogens is 1. The number of ether oxygens (including phenoxy) is 1. The van der Waals surface area contributed by atoms with E-state index in [1.807, 2.05) is 4.90 Å². The average Bonchev–Trinajstić information content (AvgIpc) is 3.23. The maximum atomic E-state index is 13.1. The number of hydrogen-bond acceptors (Lipinski definition) is 5. The Morgan fingerprint density at radius 3 is 2.66 bits per heavy atom. The zero-order valence-corrected chi connectivity index (χ0v) is 16.2. The number of nitrogens with zero attached hydrogens (tertiary/aromatic N) is 2. The van der Waals surface area contributed by atoms with Gasteiger partial charge in [0.2, 0.25) is 0 Å². The number of anilines is 2. The van der Waals surface area contributed by atoms with Crippen LogP contribution in [0.15, 0.2) is 36.5 Å². The summed E-state index contributed by atoms with van der Waals surface area (Å²) in [5, 5.41) is 13.7. The number of carbonyl (C=O) groups is 1. The van der Waals surface area contributed by atoms with Gasteiger partial charge in [-0.15, -0.1) is 0 Å². The standard InChI is InChI=1S/C20H25FN6O2/c1-29-12-17(13-4-6-14(21)7-5-13)25-20(28)26-18-10-16(22)15(11-24-18)19(23)27-8-2-3-9-27/h4-7,10-11,17,23H,2-3,8-9,12H2,1H3,(H4,22,24,25,26,28). The maximum absolute atomic E-state index is 13.1. The van der Waals surface area contributed by atoms with Crippen LogP contribution in [0.5, 0.6) is 0 Å². The first-order chi connectivity index (χ1) is 14.0. The summed E-state index contributed by atoms with van der Waals surface area (Å²) in [5.41, 5.74) is 7.72. The number of pyridine rings is 1. The van der Waals surface area contributed by atoms with Crippen molar-refractivity contribution in [1.29, 1.82) is 5.41 Å². The van der Waals surface area contributed by atoms with E-state index in [0.29, 0.717) is 22.6 Å². The fraction of sp³-hybridized carbons (Fsp3) is 0.350. The molecule has 8 nitrogen and oxygen atoms in total. The third kappa shape index (κ3) is 5.20. The lowest BCUT2D eigenvalue weighted by Crippen LogP contribution is -2.35. The molecule has 1 unspecified atom stereocenters. The number of urea groups is 1. The van der Waals surface area contributed by atoms with E-state index < -0.39 is 12.1 Å². The molecule has 5 N–H and O–H groups in total. The zero-order chi connectivity index (χ0) is 20.8. The molecule has 2 heterocycles. The van der Waals surface area contributed by atoms with Crippen molar-refractivity contribution < 1.29 is 13.9 Å². The van der Waals surface area contributed by atoms with Crippen molar-refractivity contribution in [2.75, 3.05) is 37.9 Å². The van der Waals surface area contributed by atoms with Crippen LogP contribution in [0.3, 0.4) is 0 Å². The Bertz CT molecular complexity index is 868. The largest absolute Gasteiger partial charge is 0.398 e. The highest BCUT2D eigenvalue weighted by atomic mass is 19.1. The summed E-state index contributed by atoms with van der Waals surface area (Å²) >= 11 is 0. The minimum absolute atomic E-state index is 0.223. The van der Waals surface area contributed by atoms with E-state index in [-0.39, 0.29) is 18.2 Å². The second-order valence-electron chi connectivity index (χ2n) is 6.86. The van der Waals surface area contributed by atoms with E-state index in [2.05, 4.69) is 15.6 Å². The van der Waals surface area contributed by atoms with Gasteiger partial charge in [-0.05, 0) is 30.5 Å². The molecular formula is C20H25FN6O2. The Morgan fingerprint density at radius 1 is 1.34 bits per heavy atom. The number of likely N-dealkylation sites (tertiary alicyclic amines) is 1. The lowest BCUT2D eigenvalue weighted by atomic mass is 10.1. The summed E-state index contributed by atoms with van der Waals surface area (Å²) in [6, 6.07) is 6.42. The SMILES string of the molecule is COCC(NC(=O)Nc1cc(N)c(C(=N)N2CCCC2)cn1)c1ccc(F)cc1. The van der Waals surface area contributed by atoms with Gasteiger partial charge in [0.1, 0.15) is 17.5 Å². The molecule has 0 aliphatic carbocycles. The van der Waals surface area contributed by atoms with Gasteiger partial charge in [0, 0.05) is 38.1 Å². The molecule has 29 heavy (non-hydrogen) atoms. The number of aromatic nitrogens is 1. The zero-order valence-electron chi connectivity index (χ0n) is 16.2. The molecule has 1 fully saturated rings. The van der Waals surface area contributed by atoms with Crippen LogP contribution in [-0.2, 0) is 4.74 Å². The van der Waals surface area contributed by atoms with Crippen LogP contribution in [-0.4, -0.2) is 48.6 Å². The normalized spacial score (nSPS) is 14.5. The Kier molecular flexibility index (Phi) is 6.61. The third-order valence-electron chi connectivity index (χ3n) is 4.77. The quantitative estimate of drug-likeness (QED) is 0.439. The second kappa shape index (κ2) is 9.33. The summed E-state index contributed by atoms with van der Waals surface area (Å²) in [6.07, 6.45) is 3.62. The van der Waals surface area contributed by atoms with Crippen LogP contribution in [0.4, 0.5) is 20.7 Å². The van der Waals surface area contributed by atoms with Gasteiger partial charge >= 0.3 is 6.03 Å². The molecule has 1 aliphatic rings. The topological polar surface area (TPSA) is 116 Å². The Hall–Kier alpha value is -3.20. The second-order valence-corrected chi connectivity index (χ2v) is 6.86. The Labute approximate surface area is 168 Å². The van der Waals surface area contributed by atoms with Gasteiger partial charge in [-0.25, -0.2) is 14.2 Å². The lowest BCUT2D eigenvalue weighted by molar-refractivity contribution is 0.168. The fourth-order valence-electron chi connectivity index (χ4n) is 3.24. The van der Waals surface area contributed by atoms with Crippen LogP contribution in [0, 0.1) is 11.2 Å². The van der Waals surface area contributed by atoms with E-state index in [1.54, 1.807) is 12.1 Å². The molecule has 2 amide bonds. The number of hydrogen-bond donors (Lipinski definition) is 4. The van der Waals surface area contributed by atoms with Crippen LogP contribution in [0.1, 0.15) is 30.0 Å². The van der Waals surface area contributed by atoms with Crippen molar-refractivity contribution in [3.63, 3.8) is 0 Å². The first-order valence-corrected chi connectivity index (χ1v) is 9.39. The Morgan fingerprint density at radius 2 is 2.03 bits per heavy atom. The van der Waals surface area contributed by atoms with Gasteiger partial charge in [-0.3, -0.25) is 10.7 Å². The molecule has 1 aromatic heterocycles. The number of nitrogens with two attached hydrogens (primary N) is 1. The van der Waals surface area contributed by atoms with Crippen LogP contribution < -0.4 is 16.4 Å². The van der Waals surface area contributed by atoms with Crippen molar-refractivity contribution in [2.24, 2.45) is 0 Å². The summed E-state index contributed by atoms with van der Waals surface area (Å²) in [6.45, 7) is 1.90. The van der Waals surface area contributed by atoms with Crippen molar-refractivity contribution in [3.8, 4) is 0 Å². The highest BCUT2D eigenvalue weighted by Crippen LogP contribution is 2.20. The van der Waals surface area contributed by atoms with Gasteiger partial charge in [-0.2, -0.15) is 0 Å². The lowest BCUT2D eigenvalue weighted by Gasteiger charge is -2.20. The number of methoxy groups -OCH3 is 1. The van der Waals surface area contributed by atoms with Gasteiger partial charge < -0.3 is 20.7 Å². The molecule has 0 bridgehead atoms. The number of amides is 2. The van der Waals surface area contributed by atoms with E-state index in [4.69, 9.17) is 15.9 Å². The monoisotopic (exact) mass is 400 g/mol. The van der Waals surface area contributed by atoms with Crippen LogP contribution in [0.25, 0.3) is 0 Å². The van der Waals surface area contributed by atoms with Crippen molar-refractivity contribution in [3.05, 3.63) is 53.5 Å².